The van der Waals surface area contributed by atoms with Gasteiger partial charge in [0.05, 0.1) is 6.04 Å². The van der Waals surface area contributed by atoms with Crippen LogP contribution in [0.15, 0.2) is 24.3 Å². The van der Waals surface area contributed by atoms with E-state index in [2.05, 4.69) is 4.98 Å². The number of H-pyrrole nitrogens is 1. The van der Waals surface area contributed by atoms with Gasteiger partial charge in [0.15, 0.2) is 0 Å². The molecule has 0 bridgehead atoms. The van der Waals surface area contributed by atoms with Gasteiger partial charge in [-0.15, -0.1) is 0 Å². The van der Waals surface area contributed by atoms with Gasteiger partial charge < -0.3 is 15.0 Å². The number of aromatic amines is 1. The number of carbonyl (C=O) groups is 2. The van der Waals surface area contributed by atoms with Crippen molar-refractivity contribution >= 4 is 22.8 Å². The lowest BCUT2D eigenvalue weighted by Gasteiger charge is -2.35. The fourth-order valence-electron chi connectivity index (χ4n) is 3.60. The minimum atomic E-state index is -0.916. The van der Waals surface area contributed by atoms with Gasteiger partial charge in [-0.05, 0) is 18.1 Å². The van der Waals surface area contributed by atoms with Crippen molar-refractivity contribution in [3.8, 4) is 0 Å². The number of carboxylic acids is 1. The maximum absolute atomic E-state index is 12.0. The fourth-order valence-corrected chi connectivity index (χ4v) is 3.60. The van der Waals surface area contributed by atoms with Crippen molar-refractivity contribution in [3.63, 3.8) is 0 Å². The molecule has 2 atom stereocenters. The maximum atomic E-state index is 12.0. The fraction of sp³-hybridized carbons (Fsp3) is 0.333. The molecule has 4 rings (SSSR count). The first-order valence-corrected chi connectivity index (χ1v) is 6.80. The summed E-state index contributed by atoms with van der Waals surface area (Å²) in [5.74, 6) is -0.965. The Balaban J connectivity index is 1.94. The van der Waals surface area contributed by atoms with E-state index >= 15 is 0 Å². The average molecular weight is 270 g/mol. The molecule has 0 radical (unpaired) electrons. The molecule has 5 nitrogen and oxygen atoms in total. The van der Waals surface area contributed by atoms with Crippen molar-refractivity contribution in [2.75, 3.05) is 0 Å². The summed E-state index contributed by atoms with van der Waals surface area (Å²) in [6.45, 7) is 0. The Bertz CT molecular complexity index is 734. The third-order valence-corrected chi connectivity index (χ3v) is 4.45. The van der Waals surface area contributed by atoms with Crippen molar-refractivity contribution in [2.45, 2.75) is 31.3 Å². The first kappa shape index (κ1) is 11.5. The first-order valence-electron chi connectivity index (χ1n) is 6.80. The number of nitrogens with one attached hydrogen (secondary N) is 1. The van der Waals surface area contributed by atoms with E-state index in [1.54, 1.807) is 4.90 Å². The van der Waals surface area contributed by atoms with Crippen molar-refractivity contribution in [3.05, 3.63) is 35.5 Å². The van der Waals surface area contributed by atoms with Crippen molar-refractivity contribution in [2.24, 2.45) is 0 Å². The summed E-state index contributed by atoms with van der Waals surface area (Å²) >= 11 is 0. The van der Waals surface area contributed by atoms with Gasteiger partial charge in [0.25, 0.3) is 0 Å². The highest BCUT2D eigenvalue weighted by molar-refractivity contribution is 5.91. The van der Waals surface area contributed by atoms with Gasteiger partial charge >= 0.3 is 5.97 Å². The summed E-state index contributed by atoms with van der Waals surface area (Å²) in [6.07, 6.45) is 1.52. The third-order valence-electron chi connectivity index (χ3n) is 4.45. The molecule has 0 spiro atoms. The standard InChI is InChI=1S/C15H14N2O3/c18-13-6-5-11-14-9(7-12(15(19)20)17(11)13)8-3-1-2-4-10(8)16-14/h1-4,11-12,16H,5-7H2,(H,19,20)/t11-,12-/m1/s1. The number of rotatable bonds is 1. The van der Waals surface area contributed by atoms with Crippen LogP contribution in [0.4, 0.5) is 0 Å². The number of para-hydroxylation sites is 1. The van der Waals surface area contributed by atoms with Gasteiger partial charge in [0, 0.05) is 29.4 Å². The Hall–Kier alpha value is -2.30. The van der Waals surface area contributed by atoms with E-state index in [9.17, 15) is 14.7 Å². The van der Waals surface area contributed by atoms with Crippen molar-refractivity contribution < 1.29 is 14.7 Å². The van der Waals surface area contributed by atoms with E-state index in [0.717, 1.165) is 22.2 Å². The molecule has 5 heteroatoms. The minimum absolute atomic E-state index is 0.0493. The number of hydrogen-bond donors (Lipinski definition) is 2. The van der Waals surface area contributed by atoms with Gasteiger partial charge in [-0.2, -0.15) is 0 Å². The lowest BCUT2D eigenvalue weighted by Crippen LogP contribution is -2.47. The smallest absolute Gasteiger partial charge is 0.326 e. The normalized spacial score (nSPS) is 24.8. The SMILES string of the molecule is O=C(O)[C@H]1Cc2c([nH]c3ccccc23)[C@H]2CCC(=O)N12. The molecule has 3 heterocycles. The molecule has 1 saturated heterocycles. The number of nitrogens with zero attached hydrogens (tertiary/aromatic N) is 1. The molecule has 0 unspecified atom stereocenters. The Morgan fingerprint density at radius 3 is 2.95 bits per heavy atom. The molecule has 1 amide bonds. The lowest BCUT2D eigenvalue weighted by atomic mass is 9.92. The van der Waals surface area contributed by atoms with Gasteiger partial charge in [-0.1, -0.05) is 18.2 Å². The van der Waals surface area contributed by atoms with Crippen LogP contribution in [0.5, 0.6) is 0 Å². The first-order chi connectivity index (χ1) is 9.66. The van der Waals surface area contributed by atoms with Gasteiger partial charge in [-0.3, -0.25) is 4.79 Å². The molecule has 102 valence electrons. The molecule has 0 saturated carbocycles. The van der Waals surface area contributed by atoms with Gasteiger partial charge in [-0.25, -0.2) is 4.79 Å². The molecule has 1 fully saturated rings. The molecule has 1 aromatic heterocycles. The molecular weight excluding hydrogens is 256 g/mol. The summed E-state index contributed by atoms with van der Waals surface area (Å²) in [4.78, 5) is 28.4. The maximum Gasteiger partial charge on any atom is 0.326 e. The summed E-state index contributed by atoms with van der Waals surface area (Å²) < 4.78 is 0. The number of benzene rings is 1. The molecule has 2 N–H and O–H groups in total. The van der Waals surface area contributed by atoms with Gasteiger partial charge in [0.1, 0.15) is 6.04 Å². The number of fused-ring (bicyclic) bond motifs is 5. The molecule has 1 aromatic carbocycles. The highest BCUT2D eigenvalue weighted by atomic mass is 16.4. The summed E-state index contributed by atoms with van der Waals surface area (Å²) in [7, 11) is 0. The average Bonchev–Trinajstić information content (AvgIpc) is 2.99. The van der Waals surface area contributed by atoms with E-state index in [0.29, 0.717) is 19.3 Å². The van der Waals surface area contributed by atoms with Crippen molar-refractivity contribution in [1.29, 1.82) is 0 Å². The molecule has 2 aliphatic heterocycles. The van der Waals surface area contributed by atoms with E-state index in [1.807, 2.05) is 24.3 Å². The predicted octanol–water partition coefficient (Wildman–Crippen LogP) is 1.84. The second kappa shape index (κ2) is 3.85. The zero-order valence-corrected chi connectivity index (χ0v) is 10.8. The Morgan fingerprint density at radius 1 is 1.35 bits per heavy atom. The molecule has 20 heavy (non-hydrogen) atoms. The number of carbonyl (C=O) groups excluding carboxylic acids is 1. The molecule has 2 aliphatic rings. The Kier molecular flexibility index (Phi) is 2.22. The zero-order valence-electron chi connectivity index (χ0n) is 10.8. The second-order valence-electron chi connectivity index (χ2n) is 5.48. The third kappa shape index (κ3) is 1.37. The van der Waals surface area contributed by atoms with Crippen LogP contribution in [0.2, 0.25) is 0 Å². The topological polar surface area (TPSA) is 73.4 Å². The Morgan fingerprint density at radius 2 is 2.15 bits per heavy atom. The van der Waals surface area contributed by atoms with Crippen LogP contribution in [0, 0.1) is 0 Å². The number of amides is 1. The largest absolute Gasteiger partial charge is 0.480 e. The zero-order chi connectivity index (χ0) is 13.9. The van der Waals surface area contributed by atoms with Crippen LogP contribution in [-0.2, 0) is 16.0 Å². The quantitative estimate of drug-likeness (QED) is 0.830. The van der Waals surface area contributed by atoms with Crippen LogP contribution < -0.4 is 0 Å². The lowest BCUT2D eigenvalue weighted by molar-refractivity contribution is -0.150. The highest BCUT2D eigenvalue weighted by Crippen LogP contribution is 2.43. The van der Waals surface area contributed by atoms with E-state index in [-0.39, 0.29) is 11.9 Å². The predicted molar refractivity (Wildman–Crippen MR) is 72.2 cm³/mol. The van der Waals surface area contributed by atoms with E-state index < -0.39 is 12.0 Å². The van der Waals surface area contributed by atoms with E-state index in [4.69, 9.17) is 0 Å². The van der Waals surface area contributed by atoms with Gasteiger partial charge in [0.2, 0.25) is 5.91 Å². The summed E-state index contributed by atoms with van der Waals surface area (Å²) in [5.41, 5.74) is 3.10. The van der Waals surface area contributed by atoms with Crippen LogP contribution in [0.1, 0.15) is 30.1 Å². The molecule has 2 aromatic rings. The van der Waals surface area contributed by atoms with Crippen molar-refractivity contribution in [1.82, 2.24) is 9.88 Å². The second-order valence-corrected chi connectivity index (χ2v) is 5.48. The van der Waals surface area contributed by atoms with E-state index in [1.165, 1.54) is 0 Å². The van der Waals surface area contributed by atoms with Crippen LogP contribution >= 0.6 is 0 Å². The van der Waals surface area contributed by atoms with Crippen LogP contribution in [0.3, 0.4) is 0 Å². The molecular formula is C15H14N2O3. The Labute approximate surface area is 115 Å². The molecule has 0 aliphatic carbocycles. The number of hydrogen-bond acceptors (Lipinski definition) is 2. The summed E-state index contributed by atoms with van der Waals surface area (Å²) in [6, 6.07) is 7.07. The minimum Gasteiger partial charge on any atom is -0.480 e. The number of aliphatic carboxylic acids is 1. The summed E-state index contributed by atoms with van der Waals surface area (Å²) in [5, 5.41) is 10.5. The highest BCUT2D eigenvalue weighted by Gasteiger charge is 2.45. The van der Waals surface area contributed by atoms with Crippen LogP contribution in [-0.4, -0.2) is 32.9 Å². The van der Waals surface area contributed by atoms with Crippen LogP contribution in [0.25, 0.3) is 10.9 Å². The monoisotopic (exact) mass is 270 g/mol. The number of carboxylic acid groups (broad SMARTS) is 1. The number of aromatic nitrogens is 1.